The normalized spacial score (nSPS) is 18.3. The summed E-state index contributed by atoms with van der Waals surface area (Å²) in [6.07, 6.45) is 2.62. The van der Waals surface area contributed by atoms with Crippen LogP contribution in [0.2, 0.25) is 0 Å². The summed E-state index contributed by atoms with van der Waals surface area (Å²) in [5, 5.41) is 12.6. The number of carbonyl (C=O) groups excluding carboxylic acids is 1. The molecule has 6 heteroatoms. The van der Waals surface area contributed by atoms with Crippen LogP contribution in [0, 0.1) is 5.92 Å². The zero-order valence-corrected chi connectivity index (χ0v) is 14.4. The number of hydrogen-bond acceptors (Lipinski definition) is 3. The molecule has 1 fully saturated rings. The Morgan fingerprint density at radius 3 is 2.81 bits per heavy atom. The van der Waals surface area contributed by atoms with Crippen molar-refractivity contribution in [1.29, 1.82) is 0 Å². The van der Waals surface area contributed by atoms with Crippen molar-refractivity contribution < 1.29 is 4.79 Å². The molecule has 0 bridgehead atoms. The first-order chi connectivity index (χ1) is 12.8. The number of H-pyrrole nitrogens is 1. The number of rotatable bonds is 6. The quantitative estimate of drug-likeness (QED) is 0.641. The van der Waals surface area contributed by atoms with E-state index in [9.17, 15) is 4.79 Å². The number of urea groups is 1. The van der Waals surface area contributed by atoms with E-state index in [-0.39, 0.29) is 6.03 Å². The molecule has 0 saturated heterocycles. The van der Waals surface area contributed by atoms with E-state index in [1.165, 1.54) is 11.9 Å². The molecule has 2 unspecified atom stereocenters. The third-order valence-corrected chi connectivity index (χ3v) is 4.74. The highest BCUT2D eigenvalue weighted by atomic mass is 16.2. The molecule has 132 valence electrons. The molecule has 3 aromatic rings. The molecule has 2 amide bonds. The van der Waals surface area contributed by atoms with Gasteiger partial charge in [0.2, 0.25) is 0 Å². The van der Waals surface area contributed by atoms with E-state index < -0.39 is 0 Å². The number of hydrogen-bond donors (Lipinski definition) is 3. The van der Waals surface area contributed by atoms with Crippen molar-refractivity contribution in [2.24, 2.45) is 5.92 Å². The molecule has 0 radical (unpaired) electrons. The average Bonchev–Trinajstić information content (AvgIpc) is 3.26. The average molecular weight is 347 g/mol. The van der Waals surface area contributed by atoms with Crippen molar-refractivity contribution in [3.8, 4) is 11.4 Å². The summed E-state index contributed by atoms with van der Waals surface area (Å²) in [4.78, 5) is 16.2. The summed E-state index contributed by atoms with van der Waals surface area (Å²) in [6.45, 7) is 1.18. The van der Waals surface area contributed by atoms with Crippen molar-refractivity contribution in [2.75, 3.05) is 6.54 Å². The highest BCUT2D eigenvalue weighted by molar-refractivity contribution is 5.74. The van der Waals surface area contributed by atoms with Crippen LogP contribution in [0.4, 0.5) is 4.79 Å². The van der Waals surface area contributed by atoms with Gasteiger partial charge in [0.1, 0.15) is 6.33 Å². The number of nitrogens with one attached hydrogen (secondary N) is 3. The van der Waals surface area contributed by atoms with E-state index in [1.54, 1.807) is 0 Å². The zero-order valence-electron chi connectivity index (χ0n) is 14.4. The summed E-state index contributed by atoms with van der Waals surface area (Å²) >= 11 is 0. The number of aromatic nitrogens is 3. The second-order valence-corrected chi connectivity index (χ2v) is 6.61. The van der Waals surface area contributed by atoms with Gasteiger partial charge in [-0.25, -0.2) is 9.78 Å². The monoisotopic (exact) mass is 347 g/mol. The second kappa shape index (κ2) is 7.39. The standard InChI is InChI=1S/C20H21N5O/c26-20(22-12-17-10-18(17)15-6-2-1-3-7-15)21-11-14-5-4-8-16(9-14)19-23-13-24-25-19/h1-9,13,17-18H,10-12H2,(H2,21,22,26)(H,23,24,25). The Morgan fingerprint density at radius 2 is 2.00 bits per heavy atom. The van der Waals surface area contributed by atoms with E-state index in [0.717, 1.165) is 23.4 Å². The molecule has 1 aromatic heterocycles. The Balaban J connectivity index is 1.23. The number of amides is 2. The third-order valence-electron chi connectivity index (χ3n) is 4.74. The van der Waals surface area contributed by atoms with Crippen LogP contribution in [0.1, 0.15) is 23.5 Å². The van der Waals surface area contributed by atoms with Crippen molar-refractivity contribution >= 4 is 6.03 Å². The first-order valence-corrected chi connectivity index (χ1v) is 8.81. The van der Waals surface area contributed by atoms with Crippen LogP contribution in [0.5, 0.6) is 0 Å². The fourth-order valence-electron chi connectivity index (χ4n) is 3.22. The lowest BCUT2D eigenvalue weighted by Gasteiger charge is -2.08. The minimum absolute atomic E-state index is 0.131. The number of benzene rings is 2. The van der Waals surface area contributed by atoms with Gasteiger partial charge in [0.25, 0.3) is 0 Å². The van der Waals surface area contributed by atoms with Gasteiger partial charge in [-0.2, -0.15) is 5.10 Å². The highest BCUT2D eigenvalue weighted by Crippen LogP contribution is 2.46. The van der Waals surface area contributed by atoms with Crippen LogP contribution < -0.4 is 10.6 Å². The van der Waals surface area contributed by atoms with Crippen LogP contribution in [0.25, 0.3) is 11.4 Å². The molecule has 1 heterocycles. The summed E-state index contributed by atoms with van der Waals surface area (Å²) in [7, 11) is 0. The smallest absolute Gasteiger partial charge is 0.315 e. The first-order valence-electron chi connectivity index (χ1n) is 8.81. The van der Waals surface area contributed by atoms with Crippen molar-refractivity contribution in [3.05, 3.63) is 72.1 Å². The number of carbonyl (C=O) groups is 1. The van der Waals surface area contributed by atoms with Gasteiger partial charge in [0, 0.05) is 18.7 Å². The predicted octanol–water partition coefficient (Wildman–Crippen LogP) is 3.07. The van der Waals surface area contributed by atoms with Gasteiger partial charge < -0.3 is 10.6 Å². The Hall–Kier alpha value is -3.15. The lowest BCUT2D eigenvalue weighted by Crippen LogP contribution is -2.36. The topological polar surface area (TPSA) is 82.7 Å². The van der Waals surface area contributed by atoms with Gasteiger partial charge in [0.15, 0.2) is 5.82 Å². The van der Waals surface area contributed by atoms with Crippen LogP contribution in [0.3, 0.4) is 0 Å². The zero-order chi connectivity index (χ0) is 17.8. The van der Waals surface area contributed by atoms with Gasteiger partial charge in [0.05, 0.1) is 0 Å². The summed E-state index contributed by atoms with van der Waals surface area (Å²) in [6, 6.07) is 18.2. The number of nitrogens with zero attached hydrogens (tertiary/aromatic N) is 2. The van der Waals surface area contributed by atoms with Gasteiger partial charge in [-0.1, -0.05) is 48.5 Å². The van der Waals surface area contributed by atoms with E-state index in [4.69, 9.17) is 0 Å². The van der Waals surface area contributed by atoms with Crippen molar-refractivity contribution in [1.82, 2.24) is 25.8 Å². The molecule has 26 heavy (non-hydrogen) atoms. The van der Waals surface area contributed by atoms with E-state index in [2.05, 4.69) is 50.1 Å². The van der Waals surface area contributed by atoms with Gasteiger partial charge in [-0.3, -0.25) is 5.10 Å². The highest BCUT2D eigenvalue weighted by Gasteiger charge is 2.37. The fourth-order valence-corrected chi connectivity index (χ4v) is 3.22. The lowest BCUT2D eigenvalue weighted by atomic mass is 10.1. The van der Waals surface area contributed by atoms with E-state index in [1.807, 2.05) is 30.3 Å². The summed E-state index contributed by atoms with van der Waals surface area (Å²) in [5.74, 6) is 1.84. The molecule has 6 nitrogen and oxygen atoms in total. The maximum absolute atomic E-state index is 12.1. The minimum Gasteiger partial charge on any atom is -0.338 e. The van der Waals surface area contributed by atoms with Gasteiger partial charge in [-0.05, 0) is 35.4 Å². The molecular formula is C20H21N5O. The largest absolute Gasteiger partial charge is 0.338 e. The van der Waals surface area contributed by atoms with Crippen LogP contribution in [-0.2, 0) is 6.54 Å². The second-order valence-electron chi connectivity index (χ2n) is 6.61. The Labute approximate surface area is 152 Å². The van der Waals surface area contributed by atoms with Crippen LogP contribution in [-0.4, -0.2) is 27.8 Å². The number of aromatic amines is 1. The lowest BCUT2D eigenvalue weighted by molar-refractivity contribution is 0.240. The summed E-state index contributed by atoms with van der Waals surface area (Å²) < 4.78 is 0. The molecule has 2 aromatic carbocycles. The Kier molecular flexibility index (Phi) is 4.64. The molecule has 4 rings (SSSR count). The maximum atomic E-state index is 12.1. The predicted molar refractivity (Wildman–Crippen MR) is 99.3 cm³/mol. The molecule has 0 spiro atoms. The third kappa shape index (κ3) is 3.91. The molecule has 1 saturated carbocycles. The fraction of sp³-hybridized carbons (Fsp3) is 0.250. The van der Waals surface area contributed by atoms with Gasteiger partial charge >= 0.3 is 6.03 Å². The summed E-state index contributed by atoms with van der Waals surface area (Å²) in [5.41, 5.74) is 3.33. The SMILES string of the molecule is O=C(NCc1cccc(-c2ncn[nH]2)c1)NCC1CC1c1ccccc1. The molecular weight excluding hydrogens is 326 g/mol. The van der Waals surface area contributed by atoms with Crippen LogP contribution >= 0.6 is 0 Å². The van der Waals surface area contributed by atoms with Crippen molar-refractivity contribution in [3.63, 3.8) is 0 Å². The van der Waals surface area contributed by atoms with Crippen molar-refractivity contribution in [2.45, 2.75) is 18.9 Å². The van der Waals surface area contributed by atoms with E-state index >= 15 is 0 Å². The molecule has 0 aliphatic heterocycles. The first kappa shape index (κ1) is 16.3. The molecule has 3 N–H and O–H groups in total. The van der Waals surface area contributed by atoms with Crippen LogP contribution in [0.15, 0.2) is 60.9 Å². The molecule has 2 atom stereocenters. The Bertz CT molecular complexity index is 863. The maximum Gasteiger partial charge on any atom is 0.315 e. The van der Waals surface area contributed by atoms with E-state index in [0.29, 0.717) is 24.9 Å². The minimum atomic E-state index is -0.131. The molecule has 1 aliphatic rings. The molecule has 1 aliphatic carbocycles. The Morgan fingerprint density at radius 1 is 1.12 bits per heavy atom. The van der Waals surface area contributed by atoms with Gasteiger partial charge in [-0.15, -0.1) is 0 Å².